The van der Waals surface area contributed by atoms with Gasteiger partial charge in [0.15, 0.2) is 0 Å². The first-order valence-electron chi connectivity index (χ1n) is 7.18. The molecule has 3 aromatic carbocycles. The van der Waals surface area contributed by atoms with Crippen LogP contribution in [-0.2, 0) is 0 Å². The van der Waals surface area contributed by atoms with Crippen LogP contribution in [0.25, 0.3) is 0 Å². The van der Waals surface area contributed by atoms with Crippen LogP contribution in [0.1, 0.15) is 22.6 Å². The fourth-order valence-corrected chi connectivity index (χ4v) is 2.80. The number of hydrogen-bond acceptors (Lipinski definition) is 1. The van der Waals surface area contributed by atoms with Crippen molar-refractivity contribution in [2.75, 3.05) is 0 Å². The molecule has 0 spiro atoms. The van der Waals surface area contributed by atoms with Gasteiger partial charge in [0.25, 0.3) is 0 Å². The van der Waals surface area contributed by atoms with Gasteiger partial charge in [0, 0.05) is 5.92 Å². The van der Waals surface area contributed by atoms with E-state index in [9.17, 15) is 5.02 Å². The van der Waals surface area contributed by atoms with Crippen LogP contribution in [-0.4, -0.2) is 12.5 Å². The van der Waals surface area contributed by atoms with Crippen molar-refractivity contribution in [2.24, 2.45) is 0 Å². The van der Waals surface area contributed by atoms with E-state index in [2.05, 4.69) is 54.6 Å². The lowest BCUT2D eigenvalue weighted by molar-refractivity contribution is 0.615. The van der Waals surface area contributed by atoms with Crippen molar-refractivity contribution in [3.63, 3.8) is 0 Å². The quantitative estimate of drug-likeness (QED) is 0.572. The van der Waals surface area contributed by atoms with Crippen molar-refractivity contribution in [1.29, 1.82) is 0 Å². The van der Waals surface area contributed by atoms with Crippen molar-refractivity contribution >= 4 is 12.9 Å². The predicted molar refractivity (Wildman–Crippen MR) is 89.3 cm³/mol. The lowest BCUT2D eigenvalue weighted by atomic mass is 9.75. The number of hydrogen-bond donors (Lipinski definition) is 1. The molecule has 0 aliphatic carbocycles. The first kappa shape index (κ1) is 13.7. The molecule has 21 heavy (non-hydrogen) atoms. The van der Waals surface area contributed by atoms with Crippen LogP contribution < -0.4 is 5.46 Å². The molecular formula is C19H17BO. The van der Waals surface area contributed by atoms with Gasteiger partial charge in [0.05, 0.1) is 0 Å². The highest BCUT2D eigenvalue weighted by Crippen LogP contribution is 2.30. The minimum absolute atomic E-state index is 0.0618. The lowest BCUT2D eigenvalue weighted by Crippen LogP contribution is -2.22. The summed E-state index contributed by atoms with van der Waals surface area (Å²) in [6.45, 7) is 0. The van der Waals surface area contributed by atoms with Crippen LogP contribution in [0.2, 0.25) is 0 Å². The average Bonchev–Trinajstić information content (AvgIpc) is 2.58. The first-order valence-corrected chi connectivity index (χ1v) is 7.18. The molecule has 0 aromatic heterocycles. The van der Waals surface area contributed by atoms with E-state index in [-0.39, 0.29) is 13.4 Å². The summed E-state index contributed by atoms with van der Waals surface area (Å²) in [6, 6.07) is 29.0. The second-order valence-electron chi connectivity index (χ2n) is 5.11. The Balaban J connectivity index is 2.17. The molecule has 0 saturated heterocycles. The normalized spacial score (nSPS) is 10.6. The van der Waals surface area contributed by atoms with E-state index in [4.69, 9.17) is 0 Å². The van der Waals surface area contributed by atoms with Gasteiger partial charge in [-0.3, -0.25) is 0 Å². The Bertz CT molecular complexity index is 656. The van der Waals surface area contributed by atoms with Crippen LogP contribution in [0.3, 0.4) is 0 Å². The minimum atomic E-state index is 0.0618. The Morgan fingerprint density at radius 3 is 1.62 bits per heavy atom. The predicted octanol–water partition coefficient (Wildman–Crippen LogP) is 2.84. The lowest BCUT2D eigenvalue weighted by Gasteiger charge is -2.21. The van der Waals surface area contributed by atoms with Gasteiger partial charge in [0.1, 0.15) is 0 Å². The summed E-state index contributed by atoms with van der Waals surface area (Å²) in [5, 5.41) is 9.66. The maximum atomic E-state index is 9.66. The molecule has 102 valence electrons. The summed E-state index contributed by atoms with van der Waals surface area (Å²) >= 11 is 0. The van der Waals surface area contributed by atoms with Crippen molar-refractivity contribution in [2.45, 2.75) is 5.92 Å². The van der Waals surface area contributed by atoms with Gasteiger partial charge < -0.3 is 5.02 Å². The first-order chi connectivity index (χ1) is 10.4. The molecule has 0 aliphatic rings. The molecule has 0 bridgehead atoms. The molecule has 3 rings (SSSR count). The SMILES string of the molecule is OBc1ccccc1C(c1ccccc1)c1ccccc1. The van der Waals surface area contributed by atoms with E-state index in [1.165, 1.54) is 11.1 Å². The Morgan fingerprint density at radius 1 is 0.619 bits per heavy atom. The van der Waals surface area contributed by atoms with E-state index in [1.54, 1.807) is 0 Å². The van der Waals surface area contributed by atoms with Gasteiger partial charge in [-0.15, -0.1) is 0 Å². The highest BCUT2D eigenvalue weighted by atomic mass is 16.2. The molecule has 3 aromatic rings. The maximum Gasteiger partial charge on any atom is 0.305 e. The smallest absolute Gasteiger partial charge is 0.305 e. The maximum absolute atomic E-state index is 9.66. The molecule has 0 fully saturated rings. The second-order valence-corrected chi connectivity index (χ2v) is 5.11. The molecule has 0 atom stereocenters. The third-order valence-corrected chi connectivity index (χ3v) is 3.80. The Hall–Kier alpha value is -2.32. The van der Waals surface area contributed by atoms with E-state index in [1.807, 2.05) is 30.3 Å². The molecule has 0 amide bonds. The Labute approximate surface area is 126 Å². The molecule has 1 nitrogen and oxygen atoms in total. The second kappa shape index (κ2) is 6.42. The van der Waals surface area contributed by atoms with Crippen molar-refractivity contribution in [3.8, 4) is 0 Å². The highest BCUT2D eigenvalue weighted by molar-refractivity contribution is 6.46. The van der Waals surface area contributed by atoms with Gasteiger partial charge in [-0.2, -0.15) is 0 Å². The standard InChI is InChI=1S/C19H17BO/c21-20-18-14-8-7-13-17(18)19(15-9-3-1-4-10-15)16-11-5-2-6-12-16/h1-14,19-21H. The van der Waals surface area contributed by atoms with E-state index in [0.717, 1.165) is 11.0 Å². The van der Waals surface area contributed by atoms with Crippen LogP contribution in [0.5, 0.6) is 0 Å². The van der Waals surface area contributed by atoms with Crippen molar-refractivity contribution in [3.05, 3.63) is 102 Å². The summed E-state index contributed by atoms with van der Waals surface area (Å²) < 4.78 is 0. The molecule has 0 saturated carbocycles. The van der Waals surface area contributed by atoms with Crippen molar-refractivity contribution < 1.29 is 5.02 Å². The fourth-order valence-electron chi connectivity index (χ4n) is 2.80. The topological polar surface area (TPSA) is 20.2 Å². The Kier molecular flexibility index (Phi) is 4.18. The van der Waals surface area contributed by atoms with Crippen LogP contribution >= 0.6 is 0 Å². The van der Waals surface area contributed by atoms with Crippen LogP contribution in [0, 0.1) is 0 Å². The van der Waals surface area contributed by atoms with Gasteiger partial charge in [-0.05, 0) is 22.2 Å². The van der Waals surface area contributed by atoms with Gasteiger partial charge in [-0.25, -0.2) is 0 Å². The zero-order chi connectivity index (χ0) is 14.5. The number of rotatable bonds is 4. The summed E-state index contributed by atoms with van der Waals surface area (Å²) in [5.41, 5.74) is 4.63. The zero-order valence-electron chi connectivity index (χ0n) is 11.8. The van der Waals surface area contributed by atoms with E-state index < -0.39 is 0 Å². The molecular weight excluding hydrogens is 255 g/mol. The average molecular weight is 272 g/mol. The monoisotopic (exact) mass is 272 g/mol. The summed E-state index contributed by atoms with van der Waals surface area (Å²) in [6.07, 6.45) is 0. The number of benzene rings is 3. The third kappa shape index (κ3) is 2.91. The fraction of sp³-hybridized carbons (Fsp3) is 0.0526. The van der Waals surface area contributed by atoms with Gasteiger partial charge in [0.2, 0.25) is 0 Å². The molecule has 0 unspecified atom stereocenters. The summed E-state index contributed by atoms with van der Waals surface area (Å²) in [4.78, 5) is 0. The largest absolute Gasteiger partial charge is 0.449 e. The van der Waals surface area contributed by atoms with E-state index in [0.29, 0.717) is 0 Å². The minimum Gasteiger partial charge on any atom is -0.449 e. The highest BCUT2D eigenvalue weighted by Gasteiger charge is 2.18. The molecule has 2 heteroatoms. The van der Waals surface area contributed by atoms with Gasteiger partial charge in [-0.1, -0.05) is 84.9 Å². The van der Waals surface area contributed by atoms with Crippen LogP contribution in [0.15, 0.2) is 84.9 Å². The summed E-state index contributed by atoms with van der Waals surface area (Å²) in [7, 11) is 0.0618. The molecule has 0 radical (unpaired) electrons. The summed E-state index contributed by atoms with van der Waals surface area (Å²) in [5.74, 6) is 0.149. The van der Waals surface area contributed by atoms with Crippen molar-refractivity contribution in [1.82, 2.24) is 0 Å². The zero-order valence-corrected chi connectivity index (χ0v) is 11.8. The molecule has 0 aliphatic heterocycles. The van der Waals surface area contributed by atoms with E-state index >= 15 is 0 Å². The Morgan fingerprint density at radius 2 is 1.10 bits per heavy atom. The molecule has 1 N–H and O–H groups in total. The molecule has 0 heterocycles. The van der Waals surface area contributed by atoms with Gasteiger partial charge >= 0.3 is 7.48 Å². The van der Waals surface area contributed by atoms with Crippen LogP contribution in [0.4, 0.5) is 0 Å². The third-order valence-electron chi connectivity index (χ3n) is 3.80.